The molecule has 1 aromatic carbocycles. The molecule has 5 rings (SSSR count). The molecule has 0 radical (unpaired) electrons. The van der Waals surface area contributed by atoms with Crippen LogP contribution >= 0.6 is 11.3 Å². The minimum atomic E-state index is -4.71. The number of nitrogens with one attached hydrogen (secondary N) is 1. The number of benzene rings is 1. The van der Waals surface area contributed by atoms with Gasteiger partial charge in [0.2, 0.25) is 11.7 Å². The van der Waals surface area contributed by atoms with E-state index in [-0.39, 0.29) is 11.7 Å². The average Bonchev–Trinajstić information content (AvgIpc) is 3.49. The minimum Gasteiger partial charge on any atom is -0.352 e. The molecule has 1 amide bonds. The first-order valence-corrected chi connectivity index (χ1v) is 10.8. The molecule has 0 aliphatic carbocycles. The van der Waals surface area contributed by atoms with E-state index in [9.17, 15) is 18.0 Å². The second-order valence-electron chi connectivity index (χ2n) is 7.39. The van der Waals surface area contributed by atoms with Crippen LogP contribution in [0.2, 0.25) is 0 Å². The van der Waals surface area contributed by atoms with Crippen molar-refractivity contribution in [2.75, 3.05) is 10.2 Å². The number of rotatable bonds is 5. The number of hydrogen-bond donors (Lipinski definition) is 1. The fraction of sp³-hybridized carbons (Fsp3) is 0.182. The molecule has 1 atom stereocenters. The van der Waals surface area contributed by atoms with E-state index in [2.05, 4.69) is 25.0 Å². The molecule has 4 aromatic rings. The Labute approximate surface area is 189 Å². The van der Waals surface area contributed by atoms with Crippen molar-refractivity contribution in [3.05, 3.63) is 76.6 Å². The van der Waals surface area contributed by atoms with E-state index in [0.29, 0.717) is 29.9 Å². The van der Waals surface area contributed by atoms with Gasteiger partial charge < -0.3 is 14.7 Å². The van der Waals surface area contributed by atoms with Crippen LogP contribution < -0.4 is 10.2 Å². The number of halogens is 3. The van der Waals surface area contributed by atoms with E-state index >= 15 is 0 Å². The summed E-state index contributed by atoms with van der Waals surface area (Å²) in [5, 5.41) is 8.32. The van der Waals surface area contributed by atoms with Gasteiger partial charge in [0, 0.05) is 23.1 Å². The molecule has 1 aliphatic heterocycles. The normalized spacial score (nSPS) is 15.9. The molecule has 1 unspecified atom stereocenters. The van der Waals surface area contributed by atoms with E-state index in [4.69, 9.17) is 0 Å². The zero-order chi connectivity index (χ0) is 23.0. The second-order valence-corrected chi connectivity index (χ2v) is 8.42. The number of amides is 1. The Morgan fingerprint density at radius 2 is 1.97 bits per heavy atom. The van der Waals surface area contributed by atoms with Gasteiger partial charge in [0.15, 0.2) is 0 Å². The summed E-state index contributed by atoms with van der Waals surface area (Å²) in [6.45, 7) is 0.334. The van der Waals surface area contributed by atoms with Crippen LogP contribution in [-0.2, 0) is 23.9 Å². The summed E-state index contributed by atoms with van der Waals surface area (Å²) in [4.78, 5) is 23.8. The van der Waals surface area contributed by atoms with Crippen LogP contribution in [0.5, 0.6) is 0 Å². The summed E-state index contributed by atoms with van der Waals surface area (Å²) in [6.07, 6.45) is -2.78. The van der Waals surface area contributed by atoms with Gasteiger partial charge in [0.1, 0.15) is 6.04 Å². The third-order valence-electron chi connectivity index (χ3n) is 5.21. The molecule has 0 fully saturated rings. The lowest BCUT2D eigenvalue weighted by atomic mass is 10.0. The van der Waals surface area contributed by atoms with Crippen molar-refractivity contribution in [3.8, 4) is 11.4 Å². The smallest absolute Gasteiger partial charge is 0.352 e. The predicted molar refractivity (Wildman–Crippen MR) is 116 cm³/mol. The number of carbonyl (C=O) groups is 1. The van der Waals surface area contributed by atoms with E-state index in [1.54, 1.807) is 23.5 Å². The lowest BCUT2D eigenvalue weighted by Gasteiger charge is -2.37. The number of alkyl halides is 3. The molecule has 3 aromatic heterocycles. The molecule has 0 bridgehead atoms. The van der Waals surface area contributed by atoms with Crippen LogP contribution in [0, 0.1) is 0 Å². The minimum absolute atomic E-state index is 0.106. The van der Waals surface area contributed by atoms with E-state index in [1.165, 1.54) is 6.20 Å². The maximum absolute atomic E-state index is 12.9. The highest BCUT2D eigenvalue weighted by Gasteiger charge is 2.38. The number of nitrogens with zero attached hydrogens (tertiary/aromatic N) is 4. The number of para-hydroxylation sites is 2. The van der Waals surface area contributed by atoms with E-state index in [0.717, 1.165) is 10.6 Å². The Kier molecular flexibility index (Phi) is 5.33. The number of aromatic nitrogens is 3. The van der Waals surface area contributed by atoms with Gasteiger partial charge in [-0.2, -0.15) is 18.2 Å². The summed E-state index contributed by atoms with van der Waals surface area (Å²) in [5.41, 5.74) is 2.52. The summed E-state index contributed by atoms with van der Waals surface area (Å²) in [6, 6.07) is 14.3. The van der Waals surface area contributed by atoms with Gasteiger partial charge in [-0.1, -0.05) is 23.4 Å². The lowest BCUT2D eigenvalue weighted by molar-refractivity contribution is -0.159. The monoisotopic (exact) mass is 471 g/mol. The highest BCUT2D eigenvalue weighted by Crippen LogP contribution is 2.34. The fourth-order valence-electron chi connectivity index (χ4n) is 3.65. The Bertz CT molecular complexity index is 1270. The lowest BCUT2D eigenvalue weighted by Crippen LogP contribution is -2.49. The first-order valence-electron chi connectivity index (χ1n) is 9.93. The quantitative estimate of drug-likeness (QED) is 0.451. The molecule has 1 aliphatic rings. The van der Waals surface area contributed by atoms with Crippen molar-refractivity contribution < 1.29 is 22.5 Å². The largest absolute Gasteiger partial charge is 0.471 e. The van der Waals surface area contributed by atoms with Crippen LogP contribution in [0.25, 0.3) is 11.4 Å². The van der Waals surface area contributed by atoms with Crippen molar-refractivity contribution in [1.29, 1.82) is 0 Å². The number of carbonyl (C=O) groups excluding carboxylic acids is 1. The van der Waals surface area contributed by atoms with Crippen molar-refractivity contribution in [3.63, 3.8) is 0 Å². The van der Waals surface area contributed by atoms with Crippen LogP contribution in [-0.4, -0.2) is 27.1 Å². The zero-order valence-corrected chi connectivity index (χ0v) is 17.7. The first kappa shape index (κ1) is 21.1. The van der Waals surface area contributed by atoms with Gasteiger partial charge in [0.25, 0.3) is 0 Å². The van der Waals surface area contributed by atoms with Crippen LogP contribution in [0.4, 0.5) is 24.5 Å². The molecule has 0 spiro atoms. The first-order chi connectivity index (χ1) is 15.9. The third kappa shape index (κ3) is 4.31. The zero-order valence-electron chi connectivity index (χ0n) is 16.9. The van der Waals surface area contributed by atoms with Crippen LogP contribution in [0.3, 0.4) is 0 Å². The number of anilines is 2. The van der Waals surface area contributed by atoms with Gasteiger partial charge in [-0.15, -0.1) is 11.3 Å². The molecule has 7 nitrogen and oxygen atoms in total. The van der Waals surface area contributed by atoms with Gasteiger partial charge in [-0.3, -0.25) is 9.78 Å². The summed E-state index contributed by atoms with van der Waals surface area (Å²) in [5.74, 6) is -1.71. The maximum atomic E-state index is 12.9. The molecule has 168 valence electrons. The number of hydrogen-bond acceptors (Lipinski definition) is 7. The van der Waals surface area contributed by atoms with Crippen molar-refractivity contribution in [2.24, 2.45) is 0 Å². The Hall–Kier alpha value is -3.73. The number of fused-ring (bicyclic) bond motifs is 1. The Morgan fingerprint density at radius 3 is 2.67 bits per heavy atom. The highest BCUT2D eigenvalue weighted by atomic mass is 32.1. The van der Waals surface area contributed by atoms with Gasteiger partial charge >= 0.3 is 12.1 Å². The van der Waals surface area contributed by atoms with Crippen LogP contribution in [0.1, 0.15) is 16.5 Å². The molecule has 0 saturated carbocycles. The summed E-state index contributed by atoms with van der Waals surface area (Å²) < 4.78 is 42.4. The van der Waals surface area contributed by atoms with E-state index < -0.39 is 18.1 Å². The molecule has 11 heteroatoms. The maximum Gasteiger partial charge on any atom is 0.471 e. The van der Waals surface area contributed by atoms with E-state index in [1.807, 2.05) is 46.7 Å². The molecular weight excluding hydrogens is 455 g/mol. The van der Waals surface area contributed by atoms with Gasteiger partial charge in [-0.05, 0) is 35.7 Å². The topological polar surface area (TPSA) is 84.2 Å². The van der Waals surface area contributed by atoms with Crippen molar-refractivity contribution in [2.45, 2.75) is 25.2 Å². The highest BCUT2D eigenvalue weighted by molar-refractivity contribution is 7.09. The SMILES string of the molecule is O=C1Nc2ccccc2N(Cc2ccc(-c3noc(C(F)(F)F)n3)cn2)C1Cc1cccs1. The molecule has 33 heavy (non-hydrogen) atoms. The third-order valence-corrected chi connectivity index (χ3v) is 6.11. The Morgan fingerprint density at radius 1 is 1.12 bits per heavy atom. The second kappa shape index (κ2) is 8.32. The van der Waals surface area contributed by atoms with Crippen LogP contribution in [0.15, 0.2) is 64.6 Å². The molecule has 1 N–H and O–H groups in total. The summed E-state index contributed by atoms with van der Waals surface area (Å²) >= 11 is 1.59. The standard InChI is InChI=1S/C22H16F3N5O2S/c23-22(24,25)21-28-19(29-32-21)13-7-8-14(26-11-13)12-30-17-6-2-1-5-16(17)27-20(31)18(30)10-15-4-3-9-33-15/h1-9,11,18H,10,12H2,(H,27,31). The van der Waals surface area contributed by atoms with Gasteiger partial charge in [0.05, 0.1) is 23.6 Å². The van der Waals surface area contributed by atoms with Crippen molar-refractivity contribution >= 4 is 28.6 Å². The fourth-order valence-corrected chi connectivity index (χ4v) is 4.40. The predicted octanol–water partition coefficient (Wildman–Crippen LogP) is 4.78. The number of pyridine rings is 1. The Balaban J connectivity index is 1.42. The molecule has 0 saturated heterocycles. The molecule has 4 heterocycles. The van der Waals surface area contributed by atoms with Crippen molar-refractivity contribution in [1.82, 2.24) is 15.1 Å². The summed E-state index contributed by atoms with van der Waals surface area (Å²) in [7, 11) is 0. The average molecular weight is 471 g/mol. The molecular formula is C22H16F3N5O2S. The van der Waals surface area contributed by atoms with Gasteiger partial charge in [-0.25, -0.2) is 0 Å². The number of thiophene rings is 1.